The van der Waals surface area contributed by atoms with Crippen LogP contribution in [-0.4, -0.2) is 86.9 Å². The molecular weight excluding hydrogens is 484 g/mol. The zero-order valence-electron chi connectivity index (χ0n) is 15.1. The van der Waals surface area contributed by atoms with E-state index in [1.807, 2.05) is 0 Å². The van der Waals surface area contributed by atoms with Crippen LogP contribution in [0.1, 0.15) is 0 Å². The summed E-state index contributed by atoms with van der Waals surface area (Å²) in [5.74, 6) is 0. The SMILES string of the molecule is CN.CN.CN.CN.O=P(O)(O)O.O=P(O)(O)O.O=P(O)(O)O.O=P(O)(O)O. The summed E-state index contributed by atoms with van der Waals surface area (Å²) in [6.07, 6.45) is 0. The maximum Gasteiger partial charge on any atom is 0.466 e. The standard InChI is InChI=1S/4CH5N.4H3O4P/c4*1-2;4*1-5(2,3)4/h4*2H2,1H3;4*(H3,1,2,3,4). The fourth-order valence-corrected chi connectivity index (χ4v) is 0. The van der Waals surface area contributed by atoms with E-state index in [2.05, 4.69) is 22.9 Å². The van der Waals surface area contributed by atoms with Crippen LogP contribution in [0.5, 0.6) is 0 Å². The summed E-state index contributed by atoms with van der Waals surface area (Å²) in [6, 6.07) is 0. The molecule has 24 heteroatoms. The molecule has 20 nitrogen and oxygen atoms in total. The van der Waals surface area contributed by atoms with E-state index in [1.165, 1.54) is 28.2 Å². The highest BCUT2D eigenvalue weighted by atomic mass is 31.2. The van der Waals surface area contributed by atoms with Crippen LogP contribution < -0.4 is 22.9 Å². The topological polar surface area (TPSA) is 415 Å². The van der Waals surface area contributed by atoms with E-state index in [1.54, 1.807) is 0 Å². The summed E-state index contributed by atoms with van der Waals surface area (Å²) in [5, 5.41) is 0. The highest BCUT2D eigenvalue weighted by molar-refractivity contribution is 7.45. The van der Waals surface area contributed by atoms with E-state index >= 15 is 0 Å². The zero-order valence-corrected chi connectivity index (χ0v) is 18.7. The van der Waals surface area contributed by atoms with Gasteiger partial charge in [-0.1, -0.05) is 0 Å². The molecule has 0 radical (unpaired) electrons. The second-order valence-corrected chi connectivity index (χ2v) is 6.16. The monoisotopic (exact) mass is 516 g/mol. The van der Waals surface area contributed by atoms with Crippen LogP contribution in [-0.2, 0) is 18.3 Å². The molecule has 0 aromatic heterocycles. The van der Waals surface area contributed by atoms with E-state index < -0.39 is 31.3 Å². The number of hydrogen-bond acceptors (Lipinski definition) is 8. The molecule has 20 N–H and O–H groups in total. The van der Waals surface area contributed by atoms with Crippen LogP contribution >= 0.6 is 31.3 Å². The van der Waals surface area contributed by atoms with Gasteiger partial charge in [-0.2, -0.15) is 0 Å². The molecule has 0 atom stereocenters. The molecule has 184 valence electrons. The predicted molar refractivity (Wildman–Crippen MR) is 97.5 cm³/mol. The number of phosphoric acid groups is 4. The number of hydrogen-bond donors (Lipinski definition) is 16. The van der Waals surface area contributed by atoms with Crippen LogP contribution in [0.15, 0.2) is 0 Å². The lowest BCUT2D eigenvalue weighted by Crippen LogP contribution is -1.69. The molecule has 0 amide bonds. The highest BCUT2D eigenvalue weighted by Crippen LogP contribution is 2.27. The molecule has 0 saturated heterocycles. The largest absolute Gasteiger partial charge is 0.466 e. The van der Waals surface area contributed by atoms with E-state index in [0.717, 1.165) is 0 Å². The van der Waals surface area contributed by atoms with Crippen LogP contribution in [0.2, 0.25) is 0 Å². The summed E-state index contributed by atoms with van der Waals surface area (Å²) in [4.78, 5) is 86.2. The Kier molecular flexibility index (Phi) is 58.4. The quantitative estimate of drug-likeness (QED) is 0.133. The molecule has 0 aliphatic carbocycles. The van der Waals surface area contributed by atoms with Gasteiger partial charge in [-0.05, 0) is 28.2 Å². The molecule has 0 unspecified atom stereocenters. The summed E-state index contributed by atoms with van der Waals surface area (Å²) in [5.41, 5.74) is 18.0. The summed E-state index contributed by atoms with van der Waals surface area (Å²) in [6.45, 7) is 0. The molecule has 0 saturated carbocycles. The van der Waals surface area contributed by atoms with Crippen molar-refractivity contribution >= 4 is 31.3 Å². The van der Waals surface area contributed by atoms with Crippen molar-refractivity contribution in [3.8, 4) is 0 Å². The Morgan fingerprint density at radius 3 is 0.321 bits per heavy atom. The van der Waals surface area contributed by atoms with Gasteiger partial charge in [-0.3, -0.25) is 0 Å². The number of nitrogens with two attached hydrogens (primary N) is 4. The first-order valence-corrected chi connectivity index (χ1v) is 11.7. The molecule has 28 heavy (non-hydrogen) atoms. The van der Waals surface area contributed by atoms with Gasteiger partial charge in [0.05, 0.1) is 0 Å². The van der Waals surface area contributed by atoms with Gasteiger partial charge in [-0.25, -0.2) is 18.3 Å². The minimum absolute atomic E-state index is 1.50. The van der Waals surface area contributed by atoms with Crippen molar-refractivity contribution in [2.75, 3.05) is 28.2 Å². The fourth-order valence-electron chi connectivity index (χ4n) is 0. The molecule has 0 aromatic carbocycles. The van der Waals surface area contributed by atoms with Crippen LogP contribution in [0.3, 0.4) is 0 Å². The first-order valence-electron chi connectivity index (χ1n) is 5.44. The Morgan fingerprint density at radius 1 is 0.321 bits per heavy atom. The average molecular weight is 516 g/mol. The first kappa shape index (κ1) is 51.2. The third-order valence-electron chi connectivity index (χ3n) is 0. The Hall–Kier alpha value is 0.280. The minimum atomic E-state index is -4.64. The van der Waals surface area contributed by atoms with Crippen molar-refractivity contribution < 1.29 is 77.0 Å². The fraction of sp³-hybridized carbons (Fsp3) is 1.00. The lowest BCUT2D eigenvalue weighted by atomic mass is 11.6. The second kappa shape index (κ2) is 32.0. The van der Waals surface area contributed by atoms with Crippen molar-refractivity contribution in [3.05, 3.63) is 0 Å². The zero-order chi connectivity index (χ0) is 26.0. The predicted octanol–water partition coefficient (Wildman–Crippen LogP) is -5.41. The third-order valence-corrected chi connectivity index (χ3v) is 0. The molecule has 0 heterocycles. The van der Waals surface area contributed by atoms with Gasteiger partial charge in [-0.15, -0.1) is 0 Å². The second-order valence-electron chi connectivity index (χ2n) is 2.05. The Balaban J connectivity index is -0.0000000283. The van der Waals surface area contributed by atoms with Gasteiger partial charge in [0.1, 0.15) is 0 Å². The molecule has 0 rings (SSSR count). The molecule has 0 aliphatic rings. The maximum atomic E-state index is 8.88. The molecule has 0 spiro atoms. The summed E-state index contributed by atoms with van der Waals surface area (Å²) >= 11 is 0. The van der Waals surface area contributed by atoms with Crippen LogP contribution in [0, 0.1) is 0 Å². The molecule has 0 aromatic rings. The summed E-state index contributed by atoms with van der Waals surface area (Å²) in [7, 11) is -12.6. The van der Waals surface area contributed by atoms with Crippen LogP contribution in [0.25, 0.3) is 0 Å². The van der Waals surface area contributed by atoms with Crippen LogP contribution in [0.4, 0.5) is 0 Å². The average Bonchev–Trinajstić information content (AvgIpc) is 2.40. The van der Waals surface area contributed by atoms with Gasteiger partial charge in [0, 0.05) is 0 Å². The van der Waals surface area contributed by atoms with E-state index in [9.17, 15) is 0 Å². The van der Waals surface area contributed by atoms with Crippen molar-refractivity contribution in [2.24, 2.45) is 22.9 Å². The molecule has 0 aliphatic heterocycles. The van der Waals surface area contributed by atoms with Gasteiger partial charge in [0.15, 0.2) is 0 Å². The summed E-state index contributed by atoms with van der Waals surface area (Å²) < 4.78 is 35.5. The first-order chi connectivity index (χ1) is 12.0. The van der Waals surface area contributed by atoms with E-state index in [-0.39, 0.29) is 0 Å². The Labute approximate surface area is 160 Å². The molecule has 0 bridgehead atoms. The normalized spacial score (nSPS) is 9.29. The lowest BCUT2D eigenvalue weighted by Gasteiger charge is -1.82. The molecular formula is C4H32N4O16P4. The van der Waals surface area contributed by atoms with Gasteiger partial charge in [0.25, 0.3) is 0 Å². The Morgan fingerprint density at radius 2 is 0.321 bits per heavy atom. The van der Waals surface area contributed by atoms with Gasteiger partial charge >= 0.3 is 31.3 Å². The van der Waals surface area contributed by atoms with E-state index in [4.69, 9.17) is 77.0 Å². The smallest absolute Gasteiger partial charge is 0.333 e. The lowest BCUT2D eigenvalue weighted by molar-refractivity contribution is 0.272. The third kappa shape index (κ3) is 214000. The minimum Gasteiger partial charge on any atom is -0.333 e. The van der Waals surface area contributed by atoms with Crippen molar-refractivity contribution in [3.63, 3.8) is 0 Å². The van der Waals surface area contributed by atoms with Crippen molar-refractivity contribution in [1.29, 1.82) is 0 Å². The van der Waals surface area contributed by atoms with E-state index in [0.29, 0.717) is 0 Å². The van der Waals surface area contributed by atoms with Gasteiger partial charge in [0.2, 0.25) is 0 Å². The Bertz CT molecular complexity index is 311. The van der Waals surface area contributed by atoms with Gasteiger partial charge < -0.3 is 81.7 Å². The number of rotatable bonds is 0. The van der Waals surface area contributed by atoms with Crippen molar-refractivity contribution in [1.82, 2.24) is 0 Å². The molecule has 0 fully saturated rings. The maximum absolute atomic E-state index is 8.88. The van der Waals surface area contributed by atoms with Crippen molar-refractivity contribution in [2.45, 2.75) is 0 Å². The highest BCUT2D eigenvalue weighted by Gasteiger charge is 2.01.